The van der Waals surface area contributed by atoms with E-state index >= 15 is 0 Å². The lowest BCUT2D eigenvalue weighted by atomic mass is 9.99. The number of halogens is 1. The summed E-state index contributed by atoms with van der Waals surface area (Å²) in [6, 6.07) is 0.582. The molecule has 2 unspecified atom stereocenters. The van der Waals surface area contributed by atoms with Crippen LogP contribution in [0.15, 0.2) is 0 Å². The van der Waals surface area contributed by atoms with Gasteiger partial charge >= 0.3 is 0 Å². The molecule has 0 spiro atoms. The number of hydrogen-bond donors (Lipinski definition) is 1. The van der Waals surface area contributed by atoms with Crippen LogP contribution in [0, 0.1) is 0 Å². The molecular weight excluding hydrogens is 170 g/mol. The largest absolute Gasteiger partial charge is 0.308 e. The van der Waals surface area contributed by atoms with Crippen LogP contribution in [-0.2, 0) is 0 Å². The molecule has 2 atom stereocenters. The molecular formula is C10H22ClN. The first kappa shape index (κ1) is 12.2. The van der Waals surface area contributed by atoms with E-state index in [4.69, 9.17) is 11.6 Å². The van der Waals surface area contributed by atoms with E-state index in [1.807, 2.05) is 0 Å². The van der Waals surface area contributed by atoms with Gasteiger partial charge in [-0.3, -0.25) is 0 Å². The zero-order valence-corrected chi connectivity index (χ0v) is 9.54. The highest BCUT2D eigenvalue weighted by Crippen LogP contribution is 2.13. The lowest BCUT2D eigenvalue weighted by Gasteiger charge is -2.31. The van der Waals surface area contributed by atoms with Gasteiger partial charge in [-0.15, -0.1) is 11.6 Å². The minimum atomic E-state index is 0.121. The van der Waals surface area contributed by atoms with E-state index in [0.29, 0.717) is 11.9 Å². The third kappa shape index (κ3) is 4.32. The molecule has 0 saturated heterocycles. The first-order valence-corrected chi connectivity index (χ1v) is 5.45. The summed E-state index contributed by atoms with van der Waals surface area (Å²) in [6.07, 6.45) is 3.55. The number of alkyl halides is 1. The van der Waals surface area contributed by atoms with Gasteiger partial charge in [0.25, 0.3) is 0 Å². The average molecular weight is 192 g/mol. The van der Waals surface area contributed by atoms with E-state index in [0.717, 1.165) is 6.42 Å². The Bertz CT molecular complexity index is 110. The van der Waals surface area contributed by atoms with Crippen molar-refractivity contribution in [3.8, 4) is 0 Å². The molecule has 0 aliphatic rings. The van der Waals surface area contributed by atoms with Crippen molar-refractivity contribution in [1.29, 1.82) is 0 Å². The monoisotopic (exact) mass is 191 g/mol. The van der Waals surface area contributed by atoms with E-state index in [9.17, 15) is 0 Å². The van der Waals surface area contributed by atoms with E-state index < -0.39 is 0 Å². The summed E-state index contributed by atoms with van der Waals surface area (Å²) >= 11 is 5.89. The maximum atomic E-state index is 5.89. The second kappa shape index (κ2) is 5.82. The van der Waals surface area contributed by atoms with Gasteiger partial charge < -0.3 is 5.32 Å². The van der Waals surface area contributed by atoms with Gasteiger partial charge in [-0.05, 0) is 26.7 Å². The summed E-state index contributed by atoms with van der Waals surface area (Å²) in [6.45, 7) is 8.80. The van der Waals surface area contributed by atoms with E-state index in [-0.39, 0.29) is 5.54 Å². The topological polar surface area (TPSA) is 12.0 Å². The third-order valence-electron chi connectivity index (χ3n) is 2.39. The van der Waals surface area contributed by atoms with Crippen LogP contribution in [0.5, 0.6) is 0 Å². The normalized spacial score (nSPS) is 18.8. The van der Waals surface area contributed by atoms with Crippen molar-refractivity contribution >= 4 is 11.6 Å². The molecule has 0 aliphatic carbocycles. The highest BCUT2D eigenvalue weighted by Gasteiger charge is 2.21. The molecule has 0 bridgehead atoms. The van der Waals surface area contributed by atoms with Crippen LogP contribution in [0.1, 0.15) is 47.0 Å². The Morgan fingerprint density at radius 3 is 2.33 bits per heavy atom. The summed E-state index contributed by atoms with van der Waals surface area (Å²) in [5.41, 5.74) is 0.121. The molecule has 0 amide bonds. The molecule has 1 nitrogen and oxygen atoms in total. The molecule has 0 aromatic heterocycles. The minimum Gasteiger partial charge on any atom is -0.308 e. The highest BCUT2D eigenvalue weighted by molar-refractivity contribution is 6.18. The summed E-state index contributed by atoms with van der Waals surface area (Å²) in [5.74, 6) is 0.692. The Morgan fingerprint density at radius 1 is 1.42 bits per heavy atom. The van der Waals surface area contributed by atoms with Crippen LogP contribution in [0.25, 0.3) is 0 Å². The fourth-order valence-corrected chi connectivity index (χ4v) is 1.60. The van der Waals surface area contributed by atoms with Crippen LogP contribution >= 0.6 is 11.6 Å². The first-order chi connectivity index (χ1) is 5.58. The zero-order chi connectivity index (χ0) is 9.61. The lowest BCUT2D eigenvalue weighted by Crippen LogP contribution is -2.48. The predicted molar refractivity (Wildman–Crippen MR) is 56.9 cm³/mol. The van der Waals surface area contributed by atoms with Gasteiger partial charge in [0.15, 0.2) is 0 Å². The molecule has 0 aromatic carbocycles. The smallest absolute Gasteiger partial charge is 0.0403 e. The molecule has 12 heavy (non-hydrogen) atoms. The summed E-state index contributed by atoms with van der Waals surface area (Å²) < 4.78 is 0. The fourth-order valence-electron chi connectivity index (χ4n) is 1.34. The van der Waals surface area contributed by atoms with Crippen LogP contribution in [-0.4, -0.2) is 17.5 Å². The van der Waals surface area contributed by atoms with Gasteiger partial charge in [0, 0.05) is 17.5 Å². The third-order valence-corrected chi connectivity index (χ3v) is 2.98. The molecule has 0 aliphatic heterocycles. The molecule has 0 radical (unpaired) electrons. The van der Waals surface area contributed by atoms with Crippen molar-refractivity contribution in [2.24, 2.45) is 0 Å². The molecule has 0 aromatic rings. The van der Waals surface area contributed by atoms with Gasteiger partial charge in [-0.25, -0.2) is 0 Å². The quantitative estimate of drug-likeness (QED) is 0.636. The molecule has 1 N–H and O–H groups in total. The average Bonchev–Trinajstić information content (AvgIpc) is 2.05. The maximum Gasteiger partial charge on any atom is 0.0403 e. The van der Waals surface area contributed by atoms with Crippen molar-refractivity contribution in [1.82, 2.24) is 5.32 Å². The van der Waals surface area contributed by atoms with Gasteiger partial charge in [0.2, 0.25) is 0 Å². The Kier molecular flexibility index (Phi) is 5.94. The second-order valence-corrected chi connectivity index (χ2v) is 4.15. The molecule has 0 heterocycles. The zero-order valence-electron chi connectivity index (χ0n) is 8.78. The number of rotatable bonds is 6. The Morgan fingerprint density at radius 2 is 2.00 bits per heavy atom. The number of hydrogen-bond acceptors (Lipinski definition) is 1. The van der Waals surface area contributed by atoms with Crippen molar-refractivity contribution in [2.45, 2.75) is 58.5 Å². The molecule has 0 rings (SSSR count). The SMILES string of the molecule is CCCC(C)NC(C)(CC)CCl. The Hall–Kier alpha value is 0.250. The Balaban J connectivity index is 3.84. The second-order valence-electron chi connectivity index (χ2n) is 3.88. The van der Waals surface area contributed by atoms with Gasteiger partial charge in [0.1, 0.15) is 0 Å². The van der Waals surface area contributed by atoms with E-state index in [1.165, 1.54) is 12.8 Å². The molecule has 0 saturated carbocycles. The van der Waals surface area contributed by atoms with Gasteiger partial charge in [-0.2, -0.15) is 0 Å². The van der Waals surface area contributed by atoms with Crippen molar-refractivity contribution < 1.29 is 0 Å². The number of nitrogens with one attached hydrogen (secondary N) is 1. The molecule has 2 heteroatoms. The van der Waals surface area contributed by atoms with Crippen molar-refractivity contribution in [3.05, 3.63) is 0 Å². The van der Waals surface area contributed by atoms with Crippen LogP contribution in [0.4, 0.5) is 0 Å². The van der Waals surface area contributed by atoms with E-state index in [1.54, 1.807) is 0 Å². The van der Waals surface area contributed by atoms with Crippen molar-refractivity contribution in [2.75, 3.05) is 5.88 Å². The fraction of sp³-hybridized carbons (Fsp3) is 1.00. The standard InChI is InChI=1S/C10H22ClN/c1-5-7-9(3)12-10(4,6-2)8-11/h9,12H,5-8H2,1-4H3. The first-order valence-electron chi connectivity index (χ1n) is 4.91. The Labute approximate surface area is 81.9 Å². The summed E-state index contributed by atoms with van der Waals surface area (Å²) in [5, 5.41) is 3.56. The van der Waals surface area contributed by atoms with Crippen molar-refractivity contribution in [3.63, 3.8) is 0 Å². The van der Waals surface area contributed by atoms with Crippen LogP contribution < -0.4 is 5.32 Å². The summed E-state index contributed by atoms with van der Waals surface area (Å²) in [7, 11) is 0. The van der Waals surface area contributed by atoms with E-state index in [2.05, 4.69) is 33.0 Å². The lowest BCUT2D eigenvalue weighted by molar-refractivity contribution is 0.327. The van der Waals surface area contributed by atoms with Crippen LogP contribution in [0.2, 0.25) is 0 Å². The summed E-state index contributed by atoms with van der Waals surface area (Å²) in [4.78, 5) is 0. The molecule has 74 valence electrons. The maximum absolute atomic E-state index is 5.89. The van der Waals surface area contributed by atoms with Gasteiger partial charge in [0.05, 0.1) is 0 Å². The highest BCUT2D eigenvalue weighted by atomic mass is 35.5. The van der Waals surface area contributed by atoms with Crippen LogP contribution in [0.3, 0.4) is 0 Å². The predicted octanol–water partition coefficient (Wildman–Crippen LogP) is 3.17. The minimum absolute atomic E-state index is 0.121. The molecule has 0 fully saturated rings. The van der Waals surface area contributed by atoms with Gasteiger partial charge in [-0.1, -0.05) is 20.3 Å².